The standard InChI is InChI=1S/C13H10N4O/c14-6-8-1-3-9(4-2-8)10-5-11(13(16)18)12(15)17-7-10/h1-5,7H,(H2,15,17)(H2,16,18). The van der Waals surface area contributed by atoms with Crippen molar-refractivity contribution in [3.05, 3.63) is 47.7 Å². The highest BCUT2D eigenvalue weighted by Crippen LogP contribution is 2.22. The van der Waals surface area contributed by atoms with Gasteiger partial charge >= 0.3 is 0 Å². The Morgan fingerprint density at radius 2 is 1.89 bits per heavy atom. The van der Waals surface area contributed by atoms with E-state index in [2.05, 4.69) is 4.98 Å². The number of nitriles is 1. The molecular formula is C13H10N4O. The molecule has 4 N–H and O–H groups in total. The number of pyridine rings is 1. The van der Waals surface area contributed by atoms with E-state index in [1.807, 2.05) is 6.07 Å². The first kappa shape index (κ1) is 11.6. The third-order valence-corrected chi connectivity index (χ3v) is 2.53. The Morgan fingerprint density at radius 3 is 2.44 bits per heavy atom. The predicted octanol–water partition coefficient (Wildman–Crippen LogP) is 1.30. The van der Waals surface area contributed by atoms with Gasteiger partial charge in [-0.05, 0) is 23.8 Å². The molecule has 1 aromatic heterocycles. The van der Waals surface area contributed by atoms with Crippen LogP contribution in [0, 0.1) is 11.3 Å². The van der Waals surface area contributed by atoms with Crippen LogP contribution in [0.5, 0.6) is 0 Å². The van der Waals surface area contributed by atoms with Gasteiger partial charge in [-0.15, -0.1) is 0 Å². The number of nitrogen functional groups attached to an aromatic ring is 1. The van der Waals surface area contributed by atoms with Crippen LogP contribution in [0.25, 0.3) is 11.1 Å². The van der Waals surface area contributed by atoms with Crippen LogP contribution in [-0.2, 0) is 0 Å². The number of primary amides is 1. The van der Waals surface area contributed by atoms with E-state index in [9.17, 15) is 4.79 Å². The molecule has 1 aromatic carbocycles. The molecule has 2 rings (SSSR count). The van der Waals surface area contributed by atoms with Crippen LogP contribution < -0.4 is 11.5 Å². The van der Waals surface area contributed by atoms with Gasteiger partial charge in [-0.3, -0.25) is 4.79 Å². The molecule has 0 saturated heterocycles. The summed E-state index contributed by atoms with van der Waals surface area (Å²) in [5.74, 6) is -0.504. The second-order valence-electron chi connectivity index (χ2n) is 3.71. The molecule has 0 unspecified atom stereocenters. The molecule has 1 amide bonds. The molecule has 1 heterocycles. The quantitative estimate of drug-likeness (QED) is 0.822. The number of carbonyl (C=O) groups is 1. The van der Waals surface area contributed by atoms with Gasteiger partial charge in [0.1, 0.15) is 5.82 Å². The molecule has 18 heavy (non-hydrogen) atoms. The van der Waals surface area contributed by atoms with Gasteiger partial charge in [0.05, 0.1) is 17.2 Å². The Kier molecular flexibility index (Phi) is 2.94. The minimum atomic E-state index is -0.615. The highest BCUT2D eigenvalue weighted by molar-refractivity contribution is 5.98. The SMILES string of the molecule is N#Cc1ccc(-c2cnc(N)c(C(N)=O)c2)cc1. The first-order chi connectivity index (χ1) is 8.61. The largest absolute Gasteiger partial charge is 0.383 e. The number of nitrogens with two attached hydrogens (primary N) is 2. The molecule has 5 nitrogen and oxygen atoms in total. The monoisotopic (exact) mass is 238 g/mol. The van der Waals surface area contributed by atoms with Gasteiger partial charge in [0, 0.05) is 11.8 Å². The van der Waals surface area contributed by atoms with Gasteiger partial charge in [0.15, 0.2) is 0 Å². The molecule has 88 valence electrons. The maximum atomic E-state index is 11.2. The number of rotatable bonds is 2. The summed E-state index contributed by atoms with van der Waals surface area (Å²) in [5, 5.41) is 8.71. The predicted molar refractivity (Wildman–Crippen MR) is 67.3 cm³/mol. The van der Waals surface area contributed by atoms with Crippen LogP contribution in [0.4, 0.5) is 5.82 Å². The van der Waals surface area contributed by atoms with Crippen molar-refractivity contribution in [3.8, 4) is 17.2 Å². The average Bonchev–Trinajstić information content (AvgIpc) is 2.39. The second-order valence-corrected chi connectivity index (χ2v) is 3.71. The molecular weight excluding hydrogens is 228 g/mol. The van der Waals surface area contributed by atoms with Crippen LogP contribution in [0.3, 0.4) is 0 Å². The molecule has 0 aliphatic rings. The summed E-state index contributed by atoms with van der Waals surface area (Å²) in [4.78, 5) is 15.1. The number of nitrogens with zero attached hydrogens (tertiary/aromatic N) is 2. The Hall–Kier alpha value is -2.87. The molecule has 0 aliphatic carbocycles. The van der Waals surface area contributed by atoms with Gasteiger partial charge in [0.25, 0.3) is 5.91 Å². The molecule has 0 fully saturated rings. The van der Waals surface area contributed by atoms with Crippen molar-refractivity contribution in [2.24, 2.45) is 5.73 Å². The van der Waals surface area contributed by atoms with Crippen LogP contribution in [0.15, 0.2) is 36.5 Å². The summed E-state index contributed by atoms with van der Waals surface area (Å²) >= 11 is 0. The minimum absolute atomic E-state index is 0.111. The van der Waals surface area contributed by atoms with Crippen LogP contribution in [0.1, 0.15) is 15.9 Å². The molecule has 5 heteroatoms. The summed E-state index contributed by atoms with van der Waals surface area (Å²) in [6.45, 7) is 0. The fourth-order valence-electron chi connectivity index (χ4n) is 1.57. The number of hydrogen-bond donors (Lipinski definition) is 2. The summed E-state index contributed by atoms with van der Waals surface area (Å²) in [5.41, 5.74) is 13.1. The highest BCUT2D eigenvalue weighted by atomic mass is 16.1. The lowest BCUT2D eigenvalue weighted by Gasteiger charge is -2.05. The fourth-order valence-corrected chi connectivity index (χ4v) is 1.57. The smallest absolute Gasteiger partial charge is 0.252 e. The topological polar surface area (TPSA) is 106 Å². The molecule has 0 spiro atoms. The van der Waals surface area contributed by atoms with E-state index in [1.165, 1.54) is 0 Å². The molecule has 0 aliphatic heterocycles. The lowest BCUT2D eigenvalue weighted by atomic mass is 10.0. The van der Waals surface area contributed by atoms with E-state index < -0.39 is 5.91 Å². The Bertz CT molecular complexity index is 641. The van der Waals surface area contributed by atoms with E-state index in [0.29, 0.717) is 5.56 Å². The first-order valence-electron chi connectivity index (χ1n) is 5.17. The van der Waals surface area contributed by atoms with Crippen molar-refractivity contribution >= 4 is 11.7 Å². The average molecular weight is 238 g/mol. The molecule has 0 radical (unpaired) electrons. The van der Waals surface area contributed by atoms with Crippen molar-refractivity contribution in [3.63, 3.8) is 0 Å². The first-order valence-corrected chi connectivity index (χ1v) is 5.17. The number of carbonyl (C=O) groups excluding carboxylic acids is 1. The highest BCUT2D eigenvalue weighted by Gasteiger charge is 2.09. The summed E-state index contributed by atoms with van der Waals surface area (Å²) < 4.78 is 0. The Morgan fingerprint density at radius 1 is 1.22 bits per heavy atom. The summed E-state index contributed by atoms with van der Waals surface area (Å²) in [6, 6.07) is 10.6. The van der Waals surface area contributed by atoms with Crippen LogP contribution in [-0.4, -0.2) is 10.9 Å². The molecule has 2 aromatic rings. The van der Waals surface area contributed by atoms with Gasteiger partial charge in [-0.2, -0.15) is 5.26 Å². The van der Waals surface area contributed by atoms with E-state index >= 15 is 0 Å². The van der Waals surface area contributed by atoms with Crippen molar-refractivity contribution in [1.29, 1.82) is 5.26 Å². The van der Waals surface area contributed by atoms with Gasteiger partial charge in [-0.1, -0.05) is 12.1 Å². The van der Waals surface area contributed by atoms with Gasteiger partial charge < -0.3 is 11.5 Å². The summed E-state index contributed by atoms with van der Waals surface area (Å²) in [7, 11) is 0. The zero-order chi connectivity index (χ0) is 13.1. The van der Waals surface area contributed by atoms with Crippen molar-refractivity contribution in [1.82, 2.24) is 4.98 Å². The summed E-state index contributed by atoms with van der Waals surface area (Å²) in [6.07, 6.45) is 1.56. The van der Waals surface area contributed by atoms with Crippen molar-refractivity contribution in [2.45, 2.75) is 0 Å². The van der Waals surface area contributed by atoms with Crippen LogP contribution in [0.2, 0.25) is 0 Å². The fraction of sp³-hybridized carbons (Fsp3) is 0. The Balaban J connectivity index is 2.48. The lowest BCUT2D eigenvalue weighted by molar-refractivity contribution is 0.100. The number of aromatic nitrogens is 1. The maximum absolute atomic E-state index is 11.2. The second kappa shape index (κ2) is 4.55. The van der Waals surface area contributed by atoms with E-state index in [1.54, 1.807) is 36.5 Å². The molecule has 0 saturated carbocycles. The van der Waals surface area contributed by atoms with E-state index in [4.69, 9.17) is 16.7 Å². The zero-order valence-electron chi connectivity index (χ0n) is 9.42. The van der Waals surface area contributed by atoms with Gasteiger partial charge in [-0.25, -0.2) is 4.98 Å². The maximum Gasteiger partial charge on any atom is 0.252 e. The van der Waals surface area contributed by atoms with E-state index in [0.717, 1.165) is 11.1 Å². The third-order valence-electron chi connectivity index (χ3n) is 2.53. The van der Waals surface area contributed by atoms with Gasteiger partial charge in [0.2, 0.25) is 0 Å². The molecule has 0 atom stereocenters. The number of amides is 1. The number of hydrogen-bond acceptors (Lipinski definition) is 4. The molecule has 0 bridgehead atoms. The lowest BCUT2D eigenvalue weighted by Crippen LogP contribution is -2.14. The van der Waals surface area contributed by atoms with Crippen molar-refractivity contribution < 1.29 is 4.79 Å². The van der Waals surface area contributed by atoms with Crippen LogP contribution >= 0.6 is 0 Å². The number of benzene rings is 1. The van der Waals surface area contributed by atoms with Crippen molar-refractivity contribution in [2.75, 3.05) is 5.73 Å². The minimum Gasteiger partial charge on any atom is -0.383 e. The van der Waals surface area contributed by atoms with E-state index in [-0.39, 0.29) is 11.4 Å². The number of anilines is 1. The normalized spacial score (nSPS) is 9.72. The third kappa shape index (κ3) is 2.13. The Labute approximate surface area is 104 Å². The zero-order valence-corrected chi connectivity index (χ0v) is 9.42.